The fourth-order valence-corrected chi connectivity index (χ4v) is 3.53. The first-order chi connectivity index (χ1) is 11.1. The summed E-state index contributed by atoms with van der Waals surface area (Å²) in [4.78, 5) is 29.9. The van der Waals surface area contributed by atoms with Crippen molar-refractivity contribution in [2.75, 3.05) is 20.1 Å². The van der Waals surface area contributed by atoms with Crippen LogP contribution in [-0.4, -0.2) is 40.4 Å². The number of aromatic amines is 1. The Kier molecular flexibility index (Phi) is 4.66. The summed E-state index contributed by atoms with van der Waals surface area (Å²) in [6, 6.07) is 1.82. The van der Waals surface area contributed by atoms with Gasteiger partial charge >= 0.3 is 0 Å². The minimum absolute atomic E-state index is 0.0899. The van der Waals surface area contributed by atoms with Crippen molar-refractivity contribution in [1.82, 2.24) is 14.5 Å². The molecule has 3 rings (SSSR count). The Labute approximate surface area is 136 Å². The first-order valence-electron chi connectivity index (χ1n) is 8.44. The van der Waals surface area contributed by atoms with Crippen molar-refractivity contribution in [3.8, 4) is 0 Å². The summed E-state index contributed by atoms with van der Waals surface area (Å²) >= 11 is 0. The van der Waals surface area contributed by atoms with Gasteiger partial charge < -0.3 is 14.5 Å². The van der Waals surface area contributed by atoms with Crippen molar-refractivity contribution in [2.24, 2.45) is 13.0 Å². The van der Waals surface area contributed by atoms with E-state index in [9.17, 15) is 9.59 Å². The summed E-state index contributed by atoms with van der Waals surface area (Å²) in [6.45, 7) is 2.34. The number of Topliss-reactive ketones (excluding diaryl/α,β-unsaturated/α-hetero) is 1. The number of likely N-dealkylation sites (tertiary alicyclic amines) is 1. The molecule has 5 heteroatoms. The van der Waals surface area contributed by atoms with Crippen LogP contribution >= 0.6 is 0 Å². The van der Waals surface area contributed by atoms with Crippen LogP contribution < -0.4 is 5.56 Å². The molecule has 5 nitrogen and oxygen atoms in total. The zero-order valence-corrected chi connectivity index (χ0v) is 14.0. The summed E-state index contributed by atoms with van der Waals surface area (Å²) in [6.07, 6.45) is 8.51. The zero-order valence-electron chi connectivity index (χ0n) is 14.0. The SMILES string of the molecule is CN1CCC(CCCC(=O)c2cn(C)c(=O)c3[nH]ccc23)CC1. The summed E-state index contributed by atoms with van der Waals surface area (Å²) in [5.74, 6) is 0.893. The van der Waals surface area contributed by atoms with E-state index >= 15 is 0 Å². The van der Waals surface area contributed by atoms with Crippen molar-refractivity contribution in [3.05, 3.63) is 34.4 Å². The summed E-state index contributed by atoms with van der Waals surface area (Å²) < 4.78 is 1.49. The van der Waals surface area contributed by atoms with Gasteiger partial charge in [-0.05, 0) is 57.8 Å². The molecule has 0 amide bonds. The van der Waals surface area contributed by atoms with Gasteiger partial charge in [0.15, 0.2) is 5.78 Å². The highest BCUT2D eigenvalue weighted by Crippen LogP contribution is 2.23. The first-order valence-corrected chi connectivity index (χ1v) is 8.44. The number of hydrogen-bond donors (Lipinski definition) is 1. The Bertz CT molecular complexity index is 751. The van der Waals surface area contributed by atoms with Gasteiger partial charge in [0.2, 0.25) is 0 Å². The number of H-pyrrole nitrogens is 1. The maximum Gasteiger partial charge on any atom is 0.274 e. The van der Waals surface area contributed by atoms with Crippen LogP contribution in [0.5, 0.6) is 0 Å². The highest BCUT2D eigenvalue weighted by molar-refractivity contribution is 6.07. The number of nitrogens with one attached hydrogen (secondary N) is 1. The molecule has 1 aliphatic heterocycles. The third-order valence-electron chi connectivity index (χ3n) is 5.05. The van der Waals surface area contributed by atoms with Gasteiger partial charge in [0.25, 0.3) is 5.56 Å². The van der Waals surface area contributed by atoms with Gasteiger partial charge in [0, 0.05) is 36.8 Å². The number of carbonyl (C=O) groups is 1. The lowest BCUT2D eigenvalue weighted by Gasteiger charge is -2.28. The molecule has 1 aliphatic rings. The van der Waals surface area contributed by atoms with Gasteiger partial charge in [-0.25, -0.2) is 0 Å². The van der Waals surface area contributed by atoms with Crippen molar-refractivity contribution in [2.45, 2.75) is 32.1 Å². The fourth-order valence-electron chi connectivity index (χ4n) is 3.53. The molecule has 0 aliphatic carbocycles. The average Bonchev–Trinajstić information content (AvgIpc) is 3.02. The van der Waals surface area contributed by atoms with Crippen molar-refractivity contribution in [3.63, 3.8) is 0 Å². The Morgan fingerprint density at radius 1 is 1.30 bits per heavy atom. The first kappa shape index (κ1) is 16.0. The summed E-state index contributed by atoms with van der Waals surface area (Å²) in [5, 5.41) is 0.748. The number of nitrogens with zero attached hydrogens (tertiary/aromatic N) is 2. The third-order valence-corrected chi connectivity index (χ3v) is 5.05. The minimum atomic E-state index is -0.0899. The van der Waals surface area contributed by atoms with Gasteiger partial charge in [0.05, 0.1) is 0 Å². The van der Waals surface area contributed by atoms with E-state index < -0.39 is 0 Å². The summed E-state index contributed by atoms with van der Waals surface area (Å²) in [7, 11) is 3.86. The van der Waals surface area contributed by atoms with Crippen LogP contribution in [-0.2, 0) is 7.05 Å². The lowest BCUT2D eigenvalue weighted by Crippen LogP contribution is -2.30. The van der Waals surface area contributed by atoms with Crippen LogP contribution in [0.4, 0.5) is 0 Å². The van der Waals surface area contributed by atoms with Gasteiger partial charge in [-0.2, -0.15) is 0 Å². The molecular weight excluding hydrogens is 290 g/mol. The number of rotatable bonds is 5. The molecule has 1 fully saturated rings. The molecule has 3 heterocycles. The molecule has 124 valence electrons. The molecule has 1 N–H and O–H groups in total. The molecule has 0 unspecified atom stereocenters. The smallest absolute Gasteiger partial charge is 0.274 e. The van der Waals surface area contributed by atoms with Crippen LogP contribution in [0.25, 0.3) is 10.9 Å². The second-order valence-corrected chi connectivity index (χ2v) is 6.79. The second-order valence-electron chi connectivity index (χ2n) is 6.79. The van der Waals surface area contributed by atoms with Crippen LogP contribution in [0.1, 0.15) is 42.5 Å². The molecule has 0 aromatic carbocycles. The standard InChI is InChI=1S/C18H25N3O2/c1-20-10-7-13(8-11-20)4-3-5-16(22)15-12-21(2)18(23)17-14(15)6-9-19-17/h6,9,12-13,19H,3-5,7-8,10-11H2,1-2H3. The third kappa shape index (κ3) is 3.39. The van der Waals surface area contributed by atoms with Crippen LogP contribution in [0.3, 0.4) is 0 Å². The predicted octanol–water partition coefficient (Wildman–Crippen LogP) is 2.56. The molecule has 0 atom stereocenters. The van der Waals surface area contributed by atoms with Crippen LogP contribution in [0.15, 0.2) is 23.3 Å². The number of aromatic nitrogens is 2. The lowest BCUT2D eigenvalue weighted by molar-refractivity contribution is 0.0976. The largest absolute Gasteiger partial charge is 0.357 e. The van der Waals surface area contributed by atoms with E-state index in [0.717, 1.165) is 24.1 Å². The second kappa shape index (κ2) is 6.71. The van der Waals surface area contributed by atoms with Gasteiger partial charge in [-0.1, -0.05) is 0 Å². The summed E-state index contributed by atoms with van der Waals surface area (Å²) in [5.41, 5.74) is 1.09. The number of hydrogen-bond acceptors (Lipinski definition) is 3. The predicted molar refractivity (Wildman–Crippen MR) is 91.9 cm³/mol. The van der Waals surface area contributed by atoms with E-state index in [-0.39, 0.29) is 11.3 Å². The van der Waals surface area contributed by atoms with E-state index in [0.29, 0.717) is 17.5 Å². The highest BCUT2D eigenvalue weighted by atomic mass is 16.1. The average molecular weight is 315 g/mol. The molecule has 0 bridgehead atoms. The lowest BCUT2D eigenvalue weighted by atomic mass is 9.91. The van der Waals surface area contributed by atoms with Gasteiger partial charge in [0.1, 0.15) is 5.52 Å². The molecule has 2 aromatic rings. The molecule has 0 spiro atoms. The van der Waals surface area contributed by atoms with Crippen molar-refractivity contribution >= 4 is 16.7 Å². The van der Waals surface area contributed by atoms with Crippen molar-refractivity contribution in [1.29, 1.82) is 0 Å². The fraction of sp³-hybridized carbons (Fsp3) is 0.556. The van der Waals surface area contributed by atoms with E-state index in [1.54, 1.807) is 19.4 Å². The zero-order chi connectivity index (χ0) is 16.4. The maximum atomic E-state index is 12.6. The van der Waals surface area contributed by atoms with E-state index in [1.165, 1.54) is 30.5 Å². The van der Waals surface area contributed by atoms with E-state index in [4.69, 9.17) is 0 Å². The number of pyridine rings is 1. The van der Waals surface area contributed by atoms with Gasteiger partial charge in [-0.15, -0.1) is 0 Å². The minimum Gasteiger partial charge on any atom is -0.357 e. The Morgan fingerprint density at radius 2 is 2.04 bits per heavy atom. The van der Waals surface area contributed by atoms with Crippen molar-refractivity contribution < 1.29 is 4.79 Å². The topological polar surface area (TPSA) is 58.1 Å². The number of piperidine rings is 1. The maximum absolute atomic E-state index is 12.6. The van der Waals surface area contributed by atoms with Gasteiger partial charge in [-0.3, -0.25) is 9.59 Å². The molecule has 0 saturated carbocycles. The van der Waals surface area contributed by atoms with Crippen LogP contribution in [0, 0.1) is 5.92 Å². The molecule has 23 heavy (non-hydrogen) atoms. The number of carbonyl (C=O) groups excluding carboxylic acids is 1. The molecule has 0 radical (unpaired) electrons. The molecule has 1 saturated heterocycles. The molecular formula is C18H25N3O2. The number of ketones is 1. The highest BCUT2D eigenvalue weighted by Gasteiger charge is 2.18. The Morgan fingerprint density at radius 3 is 2.78 bits per heavy atom. The Balaban J connectivity index is 1.64. The quantitative estimate of drug-likeness (QED) is 0.863. The van der Waals surface area contributed by atoms with Crippen LogP contribution in [0.2, 0.25) is 0 Å². The van der Waals surface area contributed by atoms with E-state index in [2.05, 4.69) is 16.9 Å². The number of fused-ring (bicyclic) bond motifs is 1. The molecule has 2 aromatic heterocycles. The normalized spacial score (nSPS) is 17.0. The number of aryl methyl sites for hydroxylation is 1. The monoisotopic (exact) mass is 315 g/mol. The Hall–Kier alpha value is -1.88. The van der Waals surface area contributed by atoms with E-state index in [1.807, 2.05) is 6.07 Å².